The van der Waals surface area contributed by atoms with Crippen LogP contribution in [0.15, 0.2) is 17.4 Å². The van der Waals surface area contributed by atoms with Crippen molar-refractivity contribution in [3.63, 3.8) is 0 Å². The Morgan fingerprint density at radius 3 is 2.96 bits per heavy atom. The minimum Gasteiger partial charge on any atom is -0.397 e. The van der Waals surface area contributed by atoms with Crippen molar-refractivity contribution in [3.05, 3.63) is 28.1 Å². The predicted octanol–water partition coefficient (Wildman–Crippen LogP) is 0.582. The van der Waals surface area contributed by atoms with Crippen molar-refractivity contribution in [1.82, 2.24) is 20.2 Å². The highest BCUT2D eigenvalue weighted by molar-refractivity contribution is 5.82. The molecule has 0 bridgehead atoms. The summed E-state index contributed by atoms with van der Waals surface area (Å²) in [4.78, 5) is 23.3. The van der Waals surface area contributed by atoms with Crippen LogP contribution in [0.2, 0.25) is 0 Å². The van der Waals surface area contributed by atoms with Crippen molar-refractivity contribution in [2.24, 2.45) is 4.99 Å². The molecule has 0 unspecified atom stereocenters. The molecule has 134 valence electrons. The van der Waals surface area contributed by atoms with E-state index in [2.05, 4.69) is 20.3 Å². The average molecular weight is 338 g/mol. The molecule has 0 radical (unpaired) electrons. The van der Waals surface area contributed by atoms with Crippen LogP contribution in [0.3, 0.4) is 0 Å². The van der Waals surface area contributed by atoms with Crippen molar-refractivity contribution in [1.29, 1.82) is 0 Å². The fourth-order valence-corrected chi connectivity index (χ4v) is 2.66. The van der Waals surface area contributed by atoms with Crippen LogP contribution in [-0.4, -0.2) is 65.4 Å². The Balaban J connectivity index is 1.61. The second kappa shape index (κ2) is 9.86. The third kappa shape index (κ3) is 6.53. The van der Waals surface area contributed by atoms with Gasteiger partial charge in [0.2, 0.25) is 0 Å². The lowest BCUT2D eigenvalue weighted by Crippen LogP contribution is -2.32. The first-order chi connectivity index (χ1) is 11.7. The Bertz CT molecular complexity index is 539. The number of nitro groups is 1. The number of hydrogen-bond donors (Lipinski definition) is 1. The van der Waals surface area contributed by atoms with Crippen LogP contribution in [0, 0.1) is 10.1 Å². The molecular weight excluding hydrogens is 312 g/mol. The number of hydrogen-bond acceptors (Lipinski definition) is 6. The van der Waals surface area contributed by atoms with Crippen LogP contribution in [0.25, 0.3) is 0 Å². The van der Waals surface area contributed by atoms with Crippen molar-refractivity contribution < 1.29 is 9.76 Å². The van der Waals surface area contributed by atoms with E-state index < -0.39 is 4.92 Å². The van der Waals surface area contributed by atoms with E-state index in [-0.39, 0.29) is 6.54 Å². The highest BCUT2D eigenvalue weighted by Gasteiger charge is 2.11. The molecule has 0 spiro atoms. The van der Waals surface area contributed by atoms with E-state index in [9.17, 15) is 10.1 Å². The predicted molar refractivity (Wildman–Crippen MR) is 90.6 cm³/mol. The van der Waals surface area contributed by atoms with E-state index in [0.29, 0.717) is 25.4 Å². The van der Waals surface area contributed by atoms with Crippen molar-refractivity contribution in [2.45, 2.75) is 32.2 Å². The lowest BCUT2D eigenvalue weighted by molar-refractivity contribution is -0.463. The lowest BCUT2D eigenvalue weighted by atomic mass is 10.1. The molecule has 2 rings (SSSR count). The molecule has 0 saturated carbocycles. The van der Waals surface area contributed by atoms with Gasteiger partial charge < -0.3 is 10.2 Å². The van der Waals surface area contributed by atoms with Gasteiger partial charge in [-0.2, -0.15) is 0 Å². The SMILES string of the molecule is CN=C(C[N+](=O)[O-])NCCCOn1cc(CN2CCCCC2)cn1. The highest BCUT2D eigenvalue weighted by atomic mass is 16.7. The number of aliphatic imine (C=N–C) groups is 1. The largest absolute Gasteiger partial charge is 0.397 e. The second-order valence-electron chi connectivity index (χ2n) is 5.86. The summed E-state index contributed by atoms with van der Waals surface area (Å²) in [7, 11) is 1.54. The number of aromatic nitrogens is 2. The summed E-state index contributed by atoms with van der Waals surface area (Å²) in [6.07, 6.45) is 8.34. The second-order valence-corrected chi connectivity index (χ2v) is 5.86. The fraction of sp³-hybridized carbons (Fsp3) is 0.733. The van der Waals surface area contributed by atoms with Gasteiger partial charge in [0.05, 0.1) is 12.4 Å². The number of likely N-dealkylation sites (tertiary alicyclic amines) is 1. The minimum absolute atomic E-state index is 0.281. The molecule has 0 amide bonds. The van der Waals surface area contributed by atoms with Crippen molar-refractivity contribution >= 4 is 5.84 Å². The molecule has 1 aromatic heterocycles. The Hall–Kier alpha value is -2.16. The number of amidine groups is 1. The summed E-state index contributed by atoms with van der Waals surface area (Å²) in [6, 6.07) is 0. The van der Waals surface area contributed by atoms with Crippen LogP contribution >= 0.6 is 0 Å². The first-order valence-corrected chi connectivity index (χ1v) is 8.38. The molecule has 1 aliphatic rings. The topological polar surface area (TPSA) is 97.8 Å². The zero-order valence-electron chi connectivity index (χ0n) is 14.2. The van der Waals surface area contributed by atoms with Crippen molar-refractivity contribution in [2.75, 3.05) is 39.8 Å². The Morgan fingerprint density at radius 1 is 1.46 bits per heavy atom. The maximum absolute atomic E-state index is 10.4. The maximum Gasteiger partial charge on any atom is 0.259 e. The van der Waals surface area contributed by atoms with E-state index in [1.807, 2.05) is 12.4 Å². The minimum atomic E-state index is -0.403. The Labute approximate surface area is 141 Å². The summed E-state index contributed by atoms with van der Waals surface area (Å²) in [5.74, 6) is 0.378. The van der Waals surface area contributed by atoms with Crippen LogP contribution < -0.4 is 10.2 Å². The van der Waals surface area contributed by atoms with E-state index in [1.54, 1.807) is 0 Å². The van der Waals surface area contributed by atoms with E-state index in [1.165, 1.54) is 31.2 Å². The van der Waals surface area contributed by atoms with Gasteiger partial charge in [0, 0.05) is 37.0 Å². The summed E-state index contributed by atoms with van der Waals surface area (Å²) in [5.41, 5.74) is 1.15. The molecular formula is C15H26N6O3. The lowest BCUT2D eigenvalue weighted by Gasteiger charge is -2.25. The van der Waals surface area contributed by atoms with Gasteiger partial charge in [-0.25, -0.2) is 0 Å². The van der Waals surface area contributed by atoms with Crippen LogP contribution in [0.4, 0.5) is 0 Å². The molecule has 1 fully saturated rings. The van der Waals surface area contributed by atoms with Gasteiger partial charge in [0.25, 0.3) is 6.54 Å². The summed E-state index contributed by atoms with van der Waals surface area (Å²) in [5, 5.41) is 17.6. The van der Waals surface area contributed by atoms with Gasteiger partial charge in [-0.1, -0.05) is 6.42 Å². The summed E-state index contributed by atoms with van der Waals surface area (Å²) < 4.78 is 0. The summed E-state index contributed by atoms with van der Waals surface area (Å²) >= 11 is 0. The third-order valence-corrected chi connectivity index (χ3v) is 3.89. The molecule has 2 heterocycles. The molecule has 1 N–H and O–H groups in total. The molecule has 24 heavy (non-hydrogen) atoms. The zero-order valence-corrected chi connectivity index (χ0v) is 14.2. The van der Waals surface area contributed by atoms with Gasteiger partial charge in [0.1, 0.15) is 6.61 Å². The van der Waals surface area contributed by atoms with Gasteiger partial charge in [0.15, 0.2) is 5.84 Å². The van der Waals surface area contributed by atoms with Gasteiger partial charge in [-0.3, -0.25) is 20.0 Å². The molecule has 9 heteroatoms. The van der Waals surface area contributed by atoms with E-state index >= 15 is 0 Å². The molecule has 1 aliphatic heterocycles. The Morgan fingerprint density at radius 2 is 2.25 bits per heavy atom. The highest BCUT2D eigenvalue weighted by Crippen LogP contribution is 2.12. The molecule has 0 atom stereocenters. The quantitative estimate of drug-likeness (QED) is 0.233. The van der Waals surface area contributed by atoms with Crippen molar-refractivity contribution in [3.8, 4) is 0 Å². The molecule has 0 aromatic carbocycles. The van der Waals surface area contributed by atoms with Crippen LogP contribution in [0.5, 0.6) is 0 Å². The number of nitrogens with zero attached hydrogens (tertiary/aromatic N) is 5. The summed E-state index contributed by atoms with van der Waals surface area (Å²) in [6.45, 7) is 4.00. The van der Waals surface area contributed by atoms with Gasteiger partial charge >= 0.3 is 0 Å². The number of piperidine rings is 1. The zero-order chi connectivity index (χ0) is 17.2. The normalized spacial score (nSPS) is 16.1. The molecule has 1 saturated heterocycles. The van der Waals surface area contributed by atoms with Gasteiger partial charge in [-0.15, -0.1) is 9.94 Å². The molecule has 9 nitrogen and oxygen atoms in total. The van der Waals surface area contributed by atoms with E-state index in [4.69, 9.17) is 4.84 Å². The smallest absolute Gasteiger partial charge is 0.259 e. The third-order valence-electron chi connectivity index (χ3n) is 3.89. The maximum atomic E-state index is 10.4. The Kier molecular flexibility index (Phi) is 7.47. The number of rotatable bonds is 9. The van der Waals surface area contributed by atoms with Crippen LogP contribution in [0.1, 0.15) is 31.2 Å². The van der Waals surface area contributed by atoms with E-state index in [0.717, 1.165) is 25.2 Å². The van der Waals surface area contributed by atoms with Gasteiger partial charge in [-0.05, 0) is 25.9 Å². The average Bonchev–Trinajstić information content (AvgIpc) is 3.01. The first kappa shape index (κ1) is 18.2. The first-order valence-electron chi connectivity index (χ1n) is 8.38. The number of nitrogens with one attached hydrogen (secondary N) is 1. The molecule has 1 aromatic rings. The van der Waals surface area contributed by atoms with Crippen LogP contribution in [-0.2, 0) is 6.54 Å². The standard InChI is InChI=1S/C15H26N6O3/c1-16-15(13-21(22)23)17-6-5-9-24-20-12-14(10-18-20)11-19-7-3-2-4-8-19/h10,12H,2-9,11,13H2,1H3,(H,16,17). The monoisotopic (exact) mass is 338 g/mol. The fourth-order valence-electron chi connectivity index (χ4n) is 2.66. The molecule has 0 aliphatic carbocycles.